The summed E-state index contributed by atoms with van der Waals surface area (Å²) < 4.78 is 0.647. The highest BCUT2D eigenvalue weighted by atomic mass is 79.9. The molecule has 0 fully saturated rings. The molecule has 0 aliphatic rings. The van der Waals surface area contributed by atoms with Gasteiger partial charge in [0, 0.05) is 12.1 Å². The largest absolute Gasteiger partial charge is 0.396 e. The Hall–Kier alpha value is -0.390. The molecule has 0 aliphatic heterocycles. The fraction of sp³-hybridized carbons (Fsp3) is 0.600. The Bertz CT molecular complexity index is 364. The van der Waals surface area contributed by atoms with Crippen LogP contribution >= 0.6 is 27.5 Å². The number of aliphatic hydroxyl groups excluding tert-OH is 1. The molecular formula is C10H15BrClN3O. The molecule has 1 atom stereocenters. The molecule has 1 heterocycles. The van der Waals surface area contributed by atoms with E-state index in [1.165, 1.54) is 6.33 Å². The number of aromatic nitrogens is 2. The molecule has 90 valence electrons. The van der Waals surface area contributed by atoms with E-state index in [1.807, 2.05) is 6.92 Å². The summed E-state index contributed by atoms with van der Waals surface area (Å²) in [5.41, 5.74) is -0.199. The van der Waals surface area contributed by atoms with E-state index in [-0.39, 0.29) is 12.1 Å². The molecule has 16 heavy (non-hydrogen) atoms. The van der Waals surface area contributed by atoms with Crippen molar-refractivity contribution in [2.45, 2.75) is 32.2 Å². The first-order valence-corrected chi connectivity index (χ1v) is 6.24. The summed E-state index contributed by atoms with van der Waals surface area (Å²) in [5.74, 6) is 0.651. The van der Waals surface area contributed by atoms with Gasteiger partial charge in [-0.2, -0.15) is 0 Å². The lowest BCUT2D eigenvalue weighted by Gasteiger charge is -2.30. The van der Waals surface area contributed by atoms with Crippen molar-refractivity contribution in [2.24, 2.45) is 0 Å². The Balaban J connectivity index is 2.90. The van der Waals surface area contributed by atoms with Gasteiger partial charge in [0.2, 0.25) is 0 Å². The van der Waals surface area contributed by atoms with E-state index in [0.717, 1.165) is 6.42 Å². The Labute approximate surface area is 109 Å². The number of rotatable bonds is 5. The van der Waals surface area contributed by atoms with Crippen LogP contribution in [0, 0.1) is 0 Å². The third-order valence-electron chi connectivity index (χ3n) is 2.61. The predicted octanol–water partition coefficient (Wildman–Crippen LogP) is 2.86. The summed E-state index contributed by atoms with van der Waals surface area (Å²) in [6, 6.07) is 0. The Morgan fingerprint density at radius 2 is 2.25 bits per heavy atom. The highest BCUT2D eigenvalue weighted by Gasteiger charge is 2.23. The van der Waals surface area contributed by atoms with Crippen molar-refractivity contribution in [1.29, 1.82) is 0 Å². The van der Waals surface area contributed by atoms with Crippen molar-refractivity contribution in [1.82, 2.24) is 9.97 Å². The SMILES string of the molecule is CCC(C)(CCO)Nc1ncnc(Cl)c1Br. The quantitative estimate of drug-likeness (QED) is 0.821. The molecule has 1 rings (SSSR count). The summed E-state index contributed by atoms with van der Waals surface area (Å²) in [7, 11) is 0. The minimum absolute atomic E-state index is 0.133. The highest BCUT2D eigenvalue weighted by Crippen LogP contribution is 2.29. The number of anilines is 1. The van der Waals surface area contributed by atoms with E-state index in [9.17, 15) is 0 Å². The maximum atomic E-state index is 9.02. The van der Waals surface area contributed by atoms with Gasteiger partial charge in [0.25, 0.3) is 0 Å². The molecule has 0 aliphatic carbocycles. The molecule has 0 amide bonds. The maximum Gasteiger partial charge on any atom is 0.148 e. The normalized spacial score (nSPS) is 14.6. The van der Waals surface area contributed by atoms with Crippen LogP contribution in [-0.2, 0) is 0 Å². The number of hydrogen-bond donors (Lipinski definition) is 2. The summed E-state index contributed by atoms with van der Waals surface area (Å²) in [6.45, 7) is 4.22. The zero-order chi connectivity index (χ0) is 12.2. The summed E-state index contributed by atoms with van der Waals surface area (Å²) >= 11 is 9.21. The second kappa shape index (κ2) is 5.80. The molecule has 0 aromatic carbocycles. The molecule has 0 saturated carbocycles. The summed E-state index contributed by atoms with van der Waals surface area (Å²) in [5, 5.41) is 12.7. The van der Waals surface area contributed by atoms with Crippen molar-refractivity contribution >= 4 is 33.3 Å². The Morgan fingerprint density at radius 3 is 2.81 bits per heavy atom. The van der Waals surface area contributed by atoms with Gasteiger partial charge >= 0.3 is 0 Å². The van der Waals surface area contributed by atoms with Gasteiger partial charge in [0.1, 0.15) is 17.3 Å². The van der Waals surface area contributed by atoms with Crippen molar-refractivity contribution in [2.75, 3.05) is 11.9 Å². The Morgan fingerprint density at radius 1 is 1.56 bits per heavy atom. The lowest BCUT2D eigenvalue weighted by molar-refractivity contribution is 0.251. The summed E-state index contributed by atoms with van der Waals surface area (Å²) in [4.78, 5) is 7.98. The molecule has 0 saturated heterocycles. The van der Waals surface area contributed by atoms with E-state index in [0.29, 0.717) is 21.9 Å². The number of halogens is 2. The molecule has 1 unspecified atom stereocenters. The second-order valence-electron chi connectivity index (χ2n) is 3.84. The number of nitrogens with one attached hydrogen (secondary N) is 1. The van der Waals surface area contributed by atoms with Gasteiger partial charge in [-0.3, -0.25) is 0 Å². The van der Waals surface area contributed by atoms with E-state index in [1.54, 1.807) is 0 Å². The topological polar surface area (TPSA) is 58.0 Å². The first-order valence-electron chi connectivity index (χ1n) is 5.07. The highest BCUT2D eigenvalue weighted by molar-refractivity contribution is 9.10. The van der Waals surface area contributed by atoms with Gasteiger partial charge in [-0.1, -0.05) is 18.5 Å². The first-order chi connectivity index (χ1) is 7.52. The lowest BCUT2D eigenvalue weighted by Crippen LogP contribution is -2.35. The van der Waals surface area contributed by atoms with Crippen LogP contribution in [0.15, 0.2) is 10.8 Å². The van der Waals surface area contributed by atoms with E-state index >= 15 is 0 Å². The smallest absolute Gasteiger partial charge is 0.148 e. The number of hydrogen-bond acceptors (Lipinski definition) is 4. The monoisotopic (exact) mass is 307 g/mol. The molecule has 4 nitrogen and oxygen atoms in total. The zero-order valence-electron chi connectivity index (χ0n) is 9.30. The minimum Gasteiger partial charge on any atom is -0.396 e. The average Bonchev–Trinajstić information content (AvgIpc) is 2.25. The van der Waals surface area contributed by atoms with Crippen LogP contribution in [0.4, 0.5) is 5.82 Å². The fourth-order valence-corrected chi connectivity index (χ4v) is 1.73. The Kier molecular flexibility index (Phi) is 4.95. The molecule has 0 radical (unpaired) electrons. The van der Waals surface area contributed by atoms with Crippen LogP contribution in [0.5, 0.6) is 0 Å². The molecule has 0 bridgehead atoms. The van der Waals surface area contributed by atoms with Crippen molar-refractivity contribution in [3.05, 3.63) is 16.0 Å². The number of aliphatic hydroxyl groups is 1. The molecular weight excluding hydrogens is 293 g/mol. The third kappa shape index (κ3) is 3.30. The van der Waals surface area contributed by atoms with Crippen molar-refractivity contribution in [3.63, 3.8) is 0 Å². The van der Waals surface area contributed by atoms with Crippen LogP contribution in [0.3, 0.4) is 0 Å². The average molecular weight is 309 g/mol. The van der Waals surface area contributed by atoms with Gasteiger partial charge in [0.15, 0.2) is 0 Å². The zero-order valence-corrected chi connectivity index (χ0v) is 11.6. The van der Waals surface area contributed by atoms with Crippen LogP contribution in [0.2, 0.25) is 5.15 Å². The van der Waals surface area contributed by atoms with Crippen LogP contribution in [0.25, 0.3) is 0 Å². The van der Waals surface area contributed by atoms with Gasteiger partial charge in [-0.15, -0.1) is 0 Å². The lowest BCUT2D eigenvalue weighted by atomic mass is 9.95. The third-order valence-corrected chi connectivity index (χ3v) is 3.88. The van der Waals surface area contributed by atoms with Gasteiger partial charge < -0.3 is 10.4 Å². The molecule has 1 aromatic heterocycles. The minimum atomic E-state index is -0.199. The van der Waals surface area contributed by atoms with E-state index < -0.39 is 0 Å². The second-order valence-corrected chi connectivity index (χ2v) is 4.99. The first kappa shape index (κ1) is 13.7. The van der Waals surface area contributed by atoms with Crippen LogP contribution < -0.4 is 5.32 Å². The van der Waals surface area contributed by atoms with Gasteiger partial charge in [-0.05, 0) is 35.7 Å². The van der Waals surface area contributed by atoms with Crippen molar-refractivity contribution < 1.29 is 5.11 Å². The standard InChI is InChI=1S/C10H15BrClN3O/c1-3-10(2,4-5-16)15-9-7(11)8(12)13-6-14-9/h6,16H,3-5H2,1-2H3,(H,13,14,15). The molecule has 2 N–H and O–H groups in total. The van der Waals surface area contributed by atoms with E-state index in [4.69, 9.17) is 16.7 Å². The predicted molar refractivity (Wildman–Crippen MR) is 68.8 cm³/mol. The molecule has 1 aromatic rings. The van der Waals surface area contributed by atoms with Gasteiger partial charge in [-0.25, -0.2) is 9.97 Å². The summed E-state index contributed by atoms with van der Waals surface area (Å²) in [6.07, 6.45) is 2.93. The van der Waals surface area contributed by atoms with Crippen LogP contribution in [-0.4, -0.2) is 27.2 Å². The van der Waals surface area contributed by atoms with E-state index in [2.05, 4.69) is 38.1 Å². The molecule has 0 spiro atoms. The van der Waals surface area contributed by atoms with Crippen LogP contribution in [0.1, 0.15) is 26.7 Å². The van der Waals surface area contributed by atoms with Gasteiger partial charge in [0.05, 0.1) is 4.47 Å². The maximum absolute atomic E-state index is 9.02. The number of nitrogens with zero attached hydrogens (tertiary/aromatic N) is 2. The fourth-order valence-electron chi connectivity index (χ4n) is 1.30. The molecule has 6 heteroatoms. The van der Waals surface area contributed by atoms with Crippen molar-refractivity contribution in [3.8, 4) is 0 Å².